The van der Waals surface area contributed by atoms with Crippen molar-refractivity contribution in [3.63, 3.8) is 0 Å². The van der Waals surface area contributed by atoms with Crippen molar-refractivity contribution in [2.24, 2.45) is 61.4 Å². The first-order valence-corrected chi connectivity index (χ1v) is 32.9. The summed E-state index contributed by atoms with van der Waals surface area (Å²) in [6, 6.07) is 9.83. The average molecular weight is 1440 g/mol. The quantitative estimate of drug-likeness (QED) is 0.0405. The van der Waals surface area contributed by atoms with Crippen molar-refractivity contribution >= 4 is 95.2 Å². The molecule has 6 aliphatic rings. The van der Waals surface area contributed by atoms with Gasteiger partial charge in [-0.2, -0.15) is 37.2 Å². The zero-order chi connectivity index (χ0) is 62.8. The van der Waals surface area contributed by atoms with E-state index >= 15 is 0 Å². The number of aryl methyl sites for hydroxylation is 4. The summed E-state index contributed by atoms with van der Waals surface area (Å²) < 4.78 is 73.5. The molecule has 4 aliphatic carbocycles. The van der Waals surface area contributed by atoms with E-state index in [1.54, 1.807) is 63.2 Å². The number of sulfonamides is 2. The van der Waals surface area contributed by atoms with Gasteiger partial charge in [-0.25, -0.2) is 45.6 Å². The predicted molar refractivity (Wildman–Crippen MR) is 349 cm³/mol. The number of aromatic nitrogens is 10. The van der Waals surface area contributed by atoms with Crippen LogP contribution in [0.2, 0.25) is 5.15 Å². The number of hydrogen-bond donors (Lipinski definition) is 3. The van der Waals surface area contributed by atoms with Crippen molar-refractivity contribution in [1.82, 2.24) is 63.9 Å². The summed E-state index contributed by atoms with van der Waals surface area (Å²) >= 11 is 6.22. The summed E-state index contributed by atoms with van der Waals surface area (Å²) in [6.07, 6.45) is 18.9. The molecule has 498 valence electrons. The normalized spacial score (nSPS) is 22.5. The zero-order valence-electron chi connectivity index (χ0n) is 55.4. The van der Waals surface area contributed by atoms with Crippen molar-refractivity contribution in [3.8, 4) is 23.4 Å². The molecule has 3 N–H and O–H groups in total. The maximum Gasteiger partial charge on any atom is 1.00 e. The number of carbonyl (C=O) groups excluding carboxylic acids is 3. The van der Waals surface area contributed by atoms with Crippen LogP contribution in [-0.4, -0.2) is 122 Å². The van der Waals surface area contributed by atoms with E-state index in [0.29, 0.717) is 78.0 Å². The van der Waals surface area contributed by atoms with Gasteiger partial charge in [-0.15, -0.1) is 22.6 Å². The predicted octanol–water partition coefficient (Wildman–Crippen LogP) is 1.36. The van der Waals surface area contributed by atoms with E-state index in [4.69, 9.17) is 36.1 Å². The zero-order valence-corrected chi connectivity index (χ0v) is 65.8. The molecule has 0 radical (unpaired) electrons. The Morgan fingerprint density at radius 2 is 1.16 bits per heavy atom. The molecule has 12 rings (SSSR count). The van der Waals surface area contributed by atoms with E-state index < -0.39 is 31.9 Å². The second-order valence-electron chi connectivity index (χ2n) is 25.6. The van der Waals surface area contributed by atoms with E-state index in [0.717, 1.165) is 36.0 Å². The van der Waals surface area contributed by atoms with E-state index in [1.165, 1.54) is 103 Å². The standard InChI is InChI=1S/C29H39N7O4S.C22H25ClN6O4S.C7H15N.CH2O3.ClH.2K.2H2S.H/c1-18-14-29(3,4)35(15-18)27-23(28(37)33-41(38,39)24-16-34(5)31-19(24)2)8-9-25(30-27)36-11-10-26(32-36)40-17-22-13-20-6-7-21(22)12-20;1-13-18(11-28(2)25-13)34(31,32)27-22(30)17-5-6-19(24-21(17)23)29-8-7-20(26-29)33-12-16-10-14-3-4-15(16)9-14;1-6-4-7(2,3)8-5-6;2-1-4-3;;;;;;/h8-11,16,18,20-22H,6-7,12-15,17H2,1-5H3,(H,33,37);5-8,11,14-16H,3-4,9-10,12H2,1-2H3,(H,27,30);6,8H,4-5H2,1-3H3;1,3H;1H;;;2*1H2;/q;;;;;2*+1;;;-1/p-1/t18-,20+,21-,22?;14-,15+,16?;6-;;;;;;;/m010......./s1. The van der Waals surface area contributed by atoms with Crippen LogP contribution in [0.15, 0.2) is 71.0 Å². The fourth-order valence-electron chi connectivity index (χ4n) is 13.8. The van der Waals surface area contributed by atoms with Crippen LogP contribution in [-0.2, 0) is 43.8 Å². The maximum absolute atomic E-state index is 13.5. The number of carbonyl (C=O) groups is 3. The molecule has 8 heterocycles. The molecule has 2 saturated heterocycles. The second-order valence-corrected chi connectivity index (χ2v) is 29.3. The smallest absolute Gasteiger partial charge is 1.00 e. The molecule has 2 unspecified atom stereocenters. The average Bonchev–Trinajstić information content (AvgIpc) is 1.76. The van der Waals surface area contributed by atoms with Crippen LogP contribution in [0.5, 0.6) is 11.8 Å². The third-order valence-electron chi connectivity index (χ3n) is 17.6. The van der Waals surface area contributed by atoms with E-state index in [2.05, 4.69) is 86.7 Å². The number of nitrogens with one attached hydrogen (secondary N) is 3. The first-order valence-electron chi connectivity index (χ1n) is 29.6. The number of amides is 2. The van der Waals surface area contributed by atoms with Gasteiger partial charge in [0.15, 0.2) is 11.6 Å². The van der Waals surface area contributed by atoms with Crippen LogP contribution < -0.4 is 137 Å². The Hall–Kier alpha value is -2.68. The molecule has 25 nitrogen and oxygen atoms in total. The van der Waals surface area contributed by atoms with Crippen LogP contribution in [0.25, 0.3) is 11.6 Å². The van der Waals surface area contributed by atoms with Crippen molar-refractivity contribution in [2.75, 3.05) is 31.2 Å². The van der Waals surface area contributed by atoms with Gasteiger partial charge < -0.3 is 31.3 Å². The molecule has 33 heteroatoms. The molecule has 4 bridgehead atoms. The van der Waals surface area contributed by atoms with Crippen molar-refractivity contribution in [1.29, 1.82) is 0 Å². The first-order chi connectivity index (χ1) is 41.1. The van der Waals surface area contributed by atoms with Crippen LogP contribution >= 0.6 is 51.0 Å². The van der Waals surface area contributed by atoms with E-state index in [9.17, 15) is 26.4 Å². The Morgan fingerprint density at radius 3 is 1.51 bits per heavy atom. The SMILES string of the molecule is C[C@@H]1CNC(C)(C)C1.Cc1nn(C)cc1S(=O)(=O)NC(=O)c1ccc(-n2ccc(OCC3C[C@@H]4CC[C@H]3C4)n2)nc1Cl.Cc1nn(C)cc1S(=O)(=O)NC(=O)c1ccc(-n2ccc(OCC3C[C@@H]4CC[C@H]3C4)n2)nc1N1C[C@@H](C)CC1(C)C.Cl.O=CO[O-].S.S.[H-].[K+].[K+]. The molecule has 6 aromatic rings. The number of anilines is 1. The topological polar surface area (TPSA) is 307 Å². The number of halogens is 2. The van der Waals surface area contributed by atoms with Gasteiger partial charge >= 0.3 is 103 Å². The van der Waals surface area contributed by atoms with Crippen molar-refractivity contribution in [3.05, 3.63) is 88.9 Å². The molecular formula is C59H86Cl2K2N14O11S4. The maximum atomic E-state index is 13.5. The number of hydrogen-bond acceptors (Lipinski definition) is 19. The molecular weight excluding hydrogens is 1360 g/mol. The molecule has 6 fully saturated rings. The molecule has 8 atom stereocenters. The summed E-state index contributed by atoms with van der Waals surface area (Å²) in [5.74, 6) is 6.48. The summed E-state index contributed by atoms with van der Waals surface area (Å²) in [7, 11) is -5.02. The minimum absolute atomic E-state index is 0. The minimum Gasteiger partial charge on any atom is -1.00 e. The molecule has 4 saturated carbocycles. The summed E-state index contributed by atoms with van der Waals surface area (Å²) in [4.78, 5) is 48.4. The molecule has 92 heavy (non-hydrogen) atoms. The van der Waals surface area contributed by atoms with Crippen molar-refractivity contribution in [2.45, 2.75) is 140 Å². The first kappa shape index (κ1) is 81.8. The van der Waals surface area contributed by atoms with E-state index in [1.807, 2.05) is 10.8 Å². The van der Waals surface area contributed by atoms with Crippen molar-refractivity contribution < 1.29 is 155 Å². The third-order valence-corrected chi connectivity index (χ3v) is 20.7. The molecule has 2 amide bonds. The van der Waals surface area contributed by atoms with Gasteiger partial charge in [0.2, 0.25) is 11.8 Å². The van der Waals surface area contributed by atoms with Gasteiger partial charge in [0.25, 0.3) is 38.3 Å². The number of fused-ring (bicyclic) bond motifs is 4. The fraction of sp³-hybridized carbons (Fsp3) is 0.576. The monoisotopic (exact) mass is 1440 g/mol. The number of ether oxygens (including phenoxy) is 2. The van der Waals surface area contributed by atoms with Gasteiger partial charge in [0.1, 0.15) is 20.8 Å². The van der Waals surface area contributed by atoms with Gasteiger partial charge in [-0.05, 0) is 171 Å². The van der Waals surface area contributed by atoms with Gasteiger partial charge in [0, 0.05) is 68.6 Å². The minimum atomic E-state index is -4.14. The van der Waals surface area contributed by atoms with Gasteiger partial charge in [0.05, 0.1) is 35.7 Å². The van der Waals surface area contributed by atoms with Gasteiger partial charge in [-0.1, -0.05) is 38.3 Å². The Kier molecular flexibility index (Phi) is 30.8. The third kappa shape index (κ3) is 20.5. The summed E-state index contributed by atoms with van der Waals surface area (Å²) in [6.45, 7) is 19.4. The number of pyridine rings is 2. The van der Waals surface area contributed by atoms with Crippen LogP contribution in [0.3, 0.4) is 0 Å². The largest absolute Gasteiger partial charge is 1.00 e. The Labute approximate surface area is 651 Å². The molecule has 0 aromatic carbocycles. The molecule has 2 aliphatic heterocycles. The number of nitrogens with zero attached hydrogens (tertiary/aromatic N) is 11. The Morgan fingerprint density at radius 1 is 0.707 bits per heavy atom. The summed E-state index contributed by atoms with van der Waals surface area (Å²) in [5.41, 5.74) is 0.834. The fourth-order valence-corrected chi connectivity index (χ4v) is 16.4. The Bertz CT molecular complexity index is 3710. The van der Waals surface area contributed by atoms with Crippen LogP contribution in [0.4, 0.5) is 5.82 Å². The second kappa shape index (κ2) is 34.7. The molecule has 6 aromatic heterocycles. The van der Waals surface area contributed by atoms with E-state index in [-0.39, 0.29) is 187 Å². The Balaban J connectivity index is 0.000000393. The van der Waals surface area contributed by atoms with Crippen LogP contribution in [0, 0.1) is 61.2 Å². The van der Waals surface area contributed by atoms with Gasteiger partial charge in [-0.3, -0.25) is 23.7 Å². The number of rotatable bonds is 16. The summed E-state index contributed by atoms with van der Waals surface area (Å²) in [5, 5.41) is 28.8. The van der Waals surface area contributed by atoms with Crippen LogP contribution in [0.1, 0.15) is 139 Å². The molecule has 0 spiro atoms.